The molecule has 34 heavy (non-hydrogen) atoms. The van der Waals surface area contributed by atoms with E-state index in [9.17, 15) is 33.9 Å². The molecule has 1 aromatic rings. The number of urea groups is 1. The van der Waals surface area contributed by atoms with Crippen molar-refractivity contribution in [3.8, 4) is 5.75 Å². The number of nitrogens with one attached hydrogen (secondary N) is 2. The zero-order chi connectivity index (χ0) is 25.0. The van der Waals surface area contributed by atoms with Gasteiger partial charge in [0.15, 0.2) is 0 Å². The predicted molar refractivity (Wildman–Crippen MR) is 114 cm³/mol. The number of carboxylic acids is 1. The van der Waals surface area contributed by atoms with Crippen molar-refractivity contribution < 1.29 is 39.0 Å². The van der Waals surface area contributed by atoms with E-state index in [1.54, 1.807) is 0 Å². The molecule has 2 fully saturated rings. The fourth-order valence-corrected chi connectivity index (χ4v) is 3.83. The third-order valence-corrected chi connectivity index (χ3v) is 5.61. The van der Waals surface area contributed by atoms with Crippen molar-refractivity contribution in [1.29, 1.82) is 0 Å². The molecule has 0 saturated carbocycles. The standard InChI is InChI=1S/C20H22ClN5O8/c21-13-8-11(3-4-15(13)28)18(32)23-24-7-5-16(29)25-6-1-2-14(26(25)20(24)34)19(33)22-12(10-27)9-17(30)31/h3-4,8,10,12,14,28H,1-2,5-7,9H2,(H,22,33)(H,23,32)(H,30,31). The summed E-state index contributed by atoms with van der Waals surface area (Å²) >= 11 is 5.83. The maximum Gasteiger partial charge on any atom is 0.358 e. The smallest absolute Gasteiger partial charge is 0.358 e. The van der Waals surface area contributed by atoms with Crippen LogP contribution in [0.5, 0.6) is 5.75 Å². The normalized spacial score (nSPS) is 19.1. The monoisotopic (exact) mass is 495 g/mol. The number of aldehydes is 1. The molecule has 0 spiro atoms. The number of benzene rings is 1. The van der Waals surface area contributed by atoms with Crippen LogP contribution in [0.15, 0.2) is 18.2 Å². The fraction of sp³-hybridized carbons (Fsp3) is 0.400. The van der Waals surface area contributed by atoms with Crippen molar-refractivity contribution >= 4 is 47.6 Å². The van der Waals surface area contributed by atoms with E-state index in [1.165, 1.54) is 18.2 Å². The molecule has 1 aromatic carbocycles. The van der Waals surface area contributed by atoms with Gasteiger partial charge < -0.3 is 20.3 Å². The predicted octanol–water partition coefficient (Wildman–Crippen LogP) is -0.117. The topological polar surface area (TPSA) is 177 Å². The lowest BCUT2D eigenvalue weighted by atomic mass is 10.1. The molecule has 182 valence electrons. The molecule has 2 aliphatic heterocycles. The highest BCUT2D eigenvalue weighted by atomic mass is 35.5. The Labute approximate surface area is 198 Å². The molecule has 2 atom stereocenters. The zero-order valence-corrected chi connectivity index (χ0v) is 18.5. The number of hydrogen-bond acceptors (Lipinski definition) is 7. The summed E-state index contributed by atoms with van der Waals surface area (Å²) in [5.74, 6) is -3.52. The lowest BCUT2D eigenvalue weighted by molar-refractivity contribution is -0.155. The van der Waals surface area contributed by atoms with E-state index in [1.807, 2.05) is 0 Å². The van der Waals surface area contributed by atoms with Crippen LogP contribution in [0.4, 0.5) is 4.79 Å². The minimum Gasteiger partial charge on any atom is -0.506 e. The Balaban J connectivity index is 1.82. The van der Waals surface area contributed by atoms with Gasteiger partial charge in [-0.15, -0.1) is 0 Å². The number of carbonyl (C=O) groups is 6. The Hall–Kier alpha value is -3.87. The van der Waals surface area contributed by atoms with Gasteiger partial charge in [-0.3, -0.25) is 24.6 Å². The minimum atomic E-state index is -1.31. The second-order valence-corrected chi connectivity index (χ2v) is 8.07. The van der Waals surface area contributed by atoms with Gasteiger partial charge >= 0.3 is 12.0 Å². The average molecular weight is 496 g/mol. The van der Waals surface area contributed by atoms with Crippen LogP contribution in [0.25, 0.3) is 0 Å². The van der Waals surface area contributed by atoms with Gasteiger partial charge in [-0.25, -0.2) is 19.8 Å². The number of carboxylic acid groups (broad SMARTS) is 1. The molecule has 0 bridgehead atoms. The molecule has 3 rings (SSSR count). The summed E-state index contributed by atoms with van der Waals surface area (Å²) in [4.78, 5) is 73.5. The van der Waals surface area contributed by atoms with E-state index in [4.69, 9.17) is 16.7 Å². The quantitative estimate of drug-likeness (QED) is 0.378. The van der Waals surface area contributed by atoms with E-state index in [0.717, 1.165) is 15.0 Å². The Kier molecular flexibility index (Phi) is 7.56. The van der Waals surface area contributed by atoms with Crippen LogP contribution in [0.3, 0.4) is 0 Å². The van der Waals surface area contributed by atoms with Crippen molar-refractivity contribution in [2.75, 3.05) is 13.1 Å². The van der Waals surface area contributed by atoms with Gasteiger partial charge in [0.25, 0.3) is 5.91 Å². The number of aromatic hydroxyl groups is 1. The summed E-state index contributed by atoms with van der Waals surface area (Å²) in [5, 5.41) is 23.5. The Morgan fingerprint density at radius 2 is 1.97 bits per heavy atom. The number of nitrogens with zero attached hydrogens (tertiary/aromatic N) is 3. The Morgan fingerprint density at radius 3 is 2.62 bits per heavy atom. The second-order valence-electron chi connectivity index (χ2n) is 7.66. The first-order valence-corrected chi connectivity index (χ1v) is 10.7. The molecule has 0 radical (unpaired) electrons. The molecule has 2 saturated heterocycles. The number of carbonyl (C=O) groups excluding carboxylic acids is 5. The summed E-state index contributed by atoms with van der Waals surface area (Å²) in [6, 6.07) is 0.318. The van der Waals surface area contributed by atoms with Gasteiger partial charge in [-0.05, 0) is 31.0 Å². The molecule has 2 aliphatic rings. The molecular weight excluding hydrogens is 474 g/mol. The summed E-state index contributed by atoms with van der Waals surface area (Å²) < 4.78 is 0. The zero-order valence-electron chi connectivity index (χ0n) is 17.8. The summed E-state index contributed by atoms with van der Waals surface area (Å²) in [6.07, 6.45) is 0.0302. The highest BCUT2D eigenvalue weighted by Crippen LogP contribution is 2.25. The molecule has 13 nitrogen and oxygen atoms in total. The van der Waals surface area contributed by atoms with Crippen molar-refractivity contribution in [2.24, 2.45) is 0 Å². The second kappa shape index (κ2) is 10.4. The highest BCUT2D eigenvalue weighted by molar-refractivity contribution is 6.32. The van der Waals surface area contributed by atoms with E-state index >= 15 is 0 Å². The molecule has 0 aromatic heterocycles. The van der Waals surface area contributed by atoms with Crippen LogP contribution in [-0.4, -0.2) is 86.4 Å². The van der Waals surface area contributed by atoms with Crippen LogP contribution in [0.1, 0.15) is 36.0 Å². The molecular formula is C20H22ClN5O8. The molecule has 2 unspecified atom stereocenters. The Morgan fingerprint density at radius 1 is 1.24 bits per heavy atom. The van der Waals surface area contributed by atoms with E-state index in [-0.39, 0.29) is 48.6 Å². The third-order valence-electron chi connectivity index (χ3n) is 5.30. The van der Waals surface area contributed by atoms with E-state index < -0.39 is 48.2 Å². The number of halogens is 1. The summed E-state index contributed by atoms with van der Waals surface area (Å²) in [6.45, 7) is -0.0114. The number of fused-ring (bicyclic) bond motifs is 1. The summed E-state index contributed by atoms with van der Waals surface area (Å²) in [5.41, 5.74) is 2.42. The average Bonchev–Trinajstić information content (AvgIpc) is 2.92. The maximum atomic E-state index is 13.3. The minimum absolute atomic E-state index is 0.0402. The number of hydrazine groups is 2. The third kappa shape index (κ3) is 5.36. The van der Waals surface area contributed by atoms with Crippen LogP contribution in [0.2, 0.25) is 5.02 Å². The van der Waals surface area contributed by atoms with Crippen molar-refractivity contribution in [3.63, 3.8) is 0 Å². The molecule has 14 heteroatoms. The number of phenolic OH excluding ortho intramolecular Hbond substituents is 1. The highest BCUT2D eigenvalue weighted by Gasteiger charge is 2.44. The van der Waals surface area contributed by atoms with Gasteiger partial charge in [0.2, 0.25) is 11.8 Å². The van der Waals surface area contributed by atoms with Gasteiger partial charge in [0.05, 0.1) is 24.0 Å². The van der Waals surface area contributed by atoms with Crippen molar-refractivity contribution in [3.05, 3.63) is 28.8 Å². The van der Waals surface area contributed by atoms with Crippen LogP contribution >= 0.6 is 11.6 Å². The van der Waals surface area contributed by atoms with Crippen molar-refractivity contribution in [2.45, 2.75) is 37.8 Å². The summed E-state index contributed by atoms with van der Waals surface area (Å²) in [7, 11) is 0. The van der Waals surface area contributed by atoms with Gasteiger partial charge in [-0.1, -0.05) is 11.6 Å². The number of hydrogen-bond donors (Lipinski definition) is 4. The van der Waals surface area contributed by atoms with Crippen molar-refractivity contribution in [1.82, 2.24) is 25.8 Å². The number of aliphatic carboxylic acids is 1. The van der Waals surface area contributed by atoms with E-state index in [0.29, 0.717) is 6.42 Å². The van der Waals surface area contributed by atoms with Gasteiger partial charge in [0.1, 0.15) is 18.1 Å². The maximum absolute atomic E-state index is 13.3. The lowest BCUT2D eigenvalue weighted by Gasteiger charge is -2.42. The fourth-order valence-electron chi connectivity index (χ4n) is 3.65. The van der Waals surface area contributed by atoms with E-state index in [2.05, 4.69) is 10.7 Å². The largest absolute Gasteiger partial charge is 0.506 e. The molecule has 0 aliphatic carbocycles. The van der Waals surface area contributed by atoms with Gasteiger partial charge in [-0.2, -0.15) is 0 Å². The Bertz CT molecular complexity index is 1030. The first-order chi connectivity index (χ1) is 16.1. The van der Waals surface area contributed by atoms with Crippen LogP contribution in [0, 0.1) is 0 Å². The molecule has 2 heterocycles. The molecule has 4 N–H and O–H groups in total. The first kappa shape index (κ1) is 24.8. The van der Waals surface area contributed by atoms with Crippen LogP contribution < -0.4 is 10.7 Å². The van der Waals surface area contributed by atoms with Crippen LogP contribution in [-0.2, 0) is 19.2 Å². The van der Waals surface area contributed by atoms with Gasteiger partial charge in [0, 0.05) is 18.5 Å². The number of phenols is 1. The first-order valence-electron chi connectivity index (χ1n) is 10.3. The molecule has 5 amide bonds. The number of amides is 5. The lowest BCUT2D eigenvalue weighted by Crippen LogP contribution is -2.64. The SMILES string of the molecule is O=CC(CC(=O)O)NC(=O)C1CCCN2C(=O)CCN(NC(=O)c3ccc(O)c(Cl)c3)C(=O)N12. The number of rotatable bonds is 7.